The van der Waals surface area contributed by atoms with Gasteiger partial charge in [-0.25, -0.2) is 0 Å². The van der Waals surface area contributed by atoms with Gasteiger partial charge in [0.25, 0.3) is 0 Å². The average molecular weight is 167 g/mol. The van der Waals surface area contributed by atoms with E-state index < -0.39 is 0 Å². The van der Waals surface area contributed by atoms with Gasteiger partial charge in [-0.3, -0.25) is 0 Å². The summed E-state index contributed by atoms with van der Waals surface area (Å²) < 4.78 is 0. The van der Waals surface area contributed by atoms with E-state index in [9.17, 15) is 0 Å². The molecule has 0 aliphatic carbocycles. The fraction of sp³-hybridized carbons (Fsp3) is 0.750. The molecule has 0 aromatic rings. The van der Waals surface area contributed by atoms with Crippen LogP contribution in [0.4, 0.5) is 0 Å². The Labute approximate surface area is 78.1 Å². The van der Waals surface area contributed by atoms with E-state index in [0.29, 0.717) is 5.92 Å². The summed E-state index contributed by atoms with van der Waals surface area (Å²) in [4.78, 5) is 0. The van der Waals surface area contributed by atoms with Crippen LogP contribution in [0.25, 0.3) is 0 Å². The molecule has 0 atom stereocenters. The van der Waals surface area contributed by atoms with Crippen molar-refractivity contribution in [3.05, 3.63) is 19.1 Å². The number of allylic oxidation sites excluding steroid dienone is 1. The fourth-order valence-corrected chi connectivity index (χ4v) is 1.17. The topological polar surface area (TPSA) is 0 Å². The minimum atomic E-state index is 0.665. The Hall–Kier alpha value is -0.260. The molecule has 0 heterocycles. The third-order valence-electron chi connectivity index (χ3n) is 2.31. The average Bonchev–Trinajstić information content (AvgIpc) is 2.03. The van der Waals surface area contributed by atoms with Crippen LogP contribution in [0, 0.1) is 12.8 Å². The van der Waals surface area contributed by atoms with Crippen LogP contribution in [0.3, 0.4) is 0 Å². The zero-order chi connectivity index (χ0) is 9.40. The number of hydrogen-bond donors (Lipinski definition) is 0. The molecule has 0 fully saturated rings. The Morgan fingerprint density at radius 2 is 1.67 bits per heavy atom. The molecule has 0 aromatic carbocycles. The lowest BCUT2D eigenvalue weighted by Gasteiger charge is -2.08. The van der Waals surface area contributed by atoms with Gasteiger partial charge in [-0.2, -0.15) is 0 Å². The Kier molecular flexibility index (Phi) is 7.23. The zero-order valence-corrected chi connectivity index (χ0v) is 8.73. The first-order chi connectivity index (χ1) is 5.68. The summed E-state index contributed by atoms with van der Waals surface area (Å²) in [5, 5.41) is 0. The highest BCUT2D eigenvalue weighted by molar-refractivity contribution is 4.96. The first-order valence-electron chi connectivity index (χ1n) is 5.15. The summed E-state index contributed by atoms with van der Waals surface area (Å²) in [7, 11) is 0. The standard InChI is InChI=1S/C12H23/c1-5-6-7-8-9-10-12(4)11(2)3/h11H,1,4-10H2,2-3H3. The summed E-state index contributed by atoms with van der Waals surface area (Å²) in [6.07, 6.45) is 7.60. The van der Waals surface area contributed by atoms with Crippen LogP contribution in [0.15, 0.2) is 12.2 Å². The lowest BCUT2D eigenvalue weighted by molar-refractivity contribution is 0.615. The second-order valence-electron chi connectivity index (χ2n) is 3.83. The van der Waals surface area contributed by atoms with Crippen LogP contribution in [-0.2, 0) is 0 Å². The molecule has 0 amide bonds. The highest BCUT2D eigenvalue weighted by atomic mass is 14.0. The van der Waals surface area contributed by atoms with E-state index in [-0.39, 0.29) is 0 Å². The Morgan fingerprint density at radius 3 is 2.17 bits per heavy atom. The van der Waals surface area contributed by atoms with Crippen LogP contribution >= 0.6 is 0 Å². The highest BCUT2D eigenvalue weighted by Crippen LogP contribution is 2.15. The molecule has 0 N–H and O–H groups in total. The molecule has 0 aliphatic rings. The normalized spacial score (nSPS) is 10.7. The van der Waals surface area contributed by atoms with Crippen molar-refractivity contribution in [3.63, 3.8) is 0 Å². The van der Waals surface area contributed by atoms with Gasteiger partial charge in [0, 0.05) is 0 Å². The summed E-state index contributed by atoms with van der Waals surface area (Å²) in [6, 6.07) is 0. The van der Waals surface area contributed by atoms with Crippen molar-refractivity contribution >= 4 is 0 Å². The van der Waals surface area contributed by atoms with Gasteiger partial charge in [0.15, 0.2) is 0 Å². The molecule has 71 valence electrons. The van der Waals surface area contributed by atoms with E-state index in [0.717, 1.165) is 6.42 Å². The summed E-state index contributed by atoms with van der Waals surface area (Å²) >= 11 is 0. The molecule has 0 aromatic heterocycles. The van der Waals surface area contributed by atoms with Crippen LogP contribution in [0.2, 0.25) is 0 Å². The summed E-state index contributed by atoms with van der Waals surface area (Å²) in [6.45, 7) is 12.3. The largest absolute Gasteiger partial charge is 0.0996 e. The number of hydrogen-bond acceptors (Lipinski definition) is 0. The van der Waals surface area contributed by atoms with E-state index in [1.54, 1.807) is 0 Å². The lowest BCUT2D eigenvalue weighted by Crippen LogP contribution is -1.92. The molecular formula is C12H23. The molecule has 0 saturated heterocycles. The number of unbranched alkanes of at least 4 members (excludes halogenated alkanes) is 4. The molecule has 0 aliphatic heterocycles. The molecular weight excluding hydrogens is 144 g/mol. The molecule has 0 spiro atoms. The zero-order valence-electron chi connectivity index (χ0n) is 8.73. The van der Waals surface area contributed by atoms with E-state index >= 15 is 0 Å². The smallest absolute Gasteiger partial charge is 0.0263 e. The van der Waals surface area contributed by atoms with E-state index in [1.807, 2.05) is 0 Å². The highest BCUT2D eigenvalue weighted by Gasteiger charge is 1.98. The fourth-order valence-electron chi connectivity index (χ4n) is 1.17. The van der Waals surface area contributed by atoms with Crippen LogP contribution in [0.5, 0.6) is 0 Å². The van der Waals surface area contributed by atoms with E-state index in [2.05, 4.69) is 27.4 Å². The molecule has 1 radical (unpaired) electrons. The van der Waals surface area contributed by atoms with Crippen LogP contribution in [0.1, 0.15) is 52.4 Å². The summed E-state index contributed by atoms with van der Waals surface area (Å²) in [5.41, 5.74) is 1.41. The maximum Gasteiger partial charge on any atom is -0.0263 e. The van der Waals surface area contributed by atoms with Crippen molar-refractivity contribution in [2.24, 2.45) is 5.92 Å². The monoisotopic (exact) mass is 167 g/mol. The van der Waals surface area contributed by atoms with Crippen LogP contribution in [-0.4, -0.2) is 0 Å². The third kappa shape index (κ3) is 6.45. The predicted octanol–water partition coefficient (Wildman–Crippen LogP) is 4.37. The van der Waals surface area contributed by atoms with E-state index in [1.165, 1.54) is 37.7 Å². The summed E-state index contributed by atoms with van der Waals surface area (Å²) in [5.74, 6) is 0.665. The molecule has 0 heteroatoms. The van der Waals surface area contributed by atoms with Crippen molar-refractivity contribution in [3.8, 4) is 0 Å². The minimum Gasteiger partial charge on any atom is -0.0996 e. The second-order valence-corrected chi connectivity index (χ2v) is 3.83. The van der Waals surface area contributed by atoms with Crippen molar-refractivity contribution < 1.29 is 0 Å². The van der Waals surface area contributed by atoms with Gasteiger partial charge in [-0.1, -0.05) is 58.6 Å². The molecule has 0 bridgehead atoms. The molecule has 12 heavy (non-hydrogen) atoms. The predicted molar refractivity (Wildman–Crippen MR) is 57.0 cm³/mol. The third-order valence-corrected chi connectivity index (χ3v) is 2.31. The first-order valence-corrected chi connectivity index (χ1v) is 5.15. The van der Waals surface area contributed by atoms with Gasteiger partial charge in [0.05, 0.1) is 0 Å². The van der Waals surface area contributed by atoms with Gasteiger partial charge in [0.2, 0.25) is 0 Å². The van der Waals surface area contributed by atoms with E-state index in [4.69, 9.17) is 0 Å². The van der Waals surface area contributed by atoms with Crippen molar-refractivity contribution in [1.82, 2.24) is 0 Å². The first kappa shape index (κ1) is 11.7. The van der Waals surface area contributed by atoms with Gasteiger partial charge < -0.3 is 0 Å². The Balaban J connectivity index is 3.14. The van der Waals surface area contributed by atoms with Gasteiger partial charge in [-0.05, 0) is 18.8 Å². The molecule has 0 saturated carbocycles. The maximum absolute atomic E-state index is 4.06. The molecule has 0 rings (SSSR count). The lowest BCUT2D eigenvalue weighted by atomic mass is 9.98. The van der Waals surface area contributed by atoms with Gasteiger partial charge >= 0.3 is 0 Å². The number of rotatable bonds is 7. The van der Waals surface area contributed by atoms with Crippen molar-refractivity contribution in [1.29, 1.82) is 0 Å². The second kappa shape index (κ2) is 7.39. The molecule has 0 nitrogen and oxygen atoms in total. The molecule has 0 unspecified atom stereocenters. The quantitative estimate of drug-likeness (QED) is 0.390. The van der Waals surface area contributed by atoms with Gasteiger partial charge in [-0.15, -0.1) is 0 Å². The Bertz CT molecular complexity index is 111. The SMILES string of the molecule is [CH2]CCCCCCC(=C)C(C)C. The maximum atomic E-state index is 4.06. The van der Waals surface area contributed by atoms with Crippen LogP contribution < -0.4 is 0 Å². The van der Waals surface area contributed by atoms with Crippen molar-refractivity contribution in [2.45, 2.75) is 52.4 Å². The van der Waals surface area contributed by atoms with Gasteiger partial charge in [0.1, 0.15) is 0 Å². The Morgan fingerprint density at radius 1 is 1.08 bits per heavy atom. The minimum absolute atomic E-state index is 0.665. The van der Waals surface area contributed by atoms with Crippen molar-refractivity contribution in [2.75, 3.05) is 0 Å².